The summed E-state index contributed by atoms with van der Waals surface area (Å²) >= 11 is 0. The van der Waals surface area contributed by atoms with Crippen LogP contribution in [0.1, 0.15) is 64.7 Å². The van der Waals surface area contributed by atoms with E-state index in [1.54, 1.807) is 6.08 Å². The Morgan fingerprint density at radius 3 is 2.48 bits per heavy atom. The molecule has 6 heteroatoms. The van der Waals surface area contributed by atoms with E-state index in [0.717, 1.165) is 19.3 Å². The second-order valence-corrected chi connectivity index (χ2v) is 13.5. The van der Waals surface area contributed by atoms with Crippen molar-refractivity contribution in [2.24, 2.45) is 11.8 Å². The molecule has 1 aliphatic rings. The van der Waals surface area contributed by atoms with Gasteiger partial charge in [-0.05, 0) is 51.4 Å². The molecule has 0 saturated heterocycles. The van der Waals surface area contributed by atoms with Crippen LogP contribution in [0.5, 0.6) is 0 Å². The van der Waals surface area contributed by atoms with Crippen molar-refractivity contribution in [3.05, 3.63) is 24.3 Å². The van der Waals surface area contributed by atoms with E-state index < -0.39 is 20.5 Å². The molecular formula is C23H39FO4Si. The van der Waals surface area contributed by atoms with Crippen molar-refractivity contribution >= 4 is 20.1 Å². The number of carboxylic acid groups (broad SMARTS) is 1. The van der Waals surface area contributed by atoms with Crippen LogP contribution in [0.3, 0.4) is 0 Å². The van der Waals surface area contributed by atoms with Crippen LogP contribution in [0.15, 0.2) is 24.3 Å². The fraction of sp³-hybridized carbons (Fsp3) is 0.739. The zero-order valence-electron chi connectivity index (χ0n) is 18.5. The molecule has 1 saturated carbocycles. The highest BCUT2D eigenvalue weighted by atomic mass is 28.4. The van der Waals surface area contributed by atoms with Gasteiger partial charge in [0, 0.05) is 31.1 Å². The molecule has 4 atom stereocenters. The van der Waals surface area contributed by atoms with E-state index in [2.05, 4.69) is 26.6 Å². The molecule has 0 aromatic carbocycles. The summed E-state index contributed by atoms with van der Waals surface area (Å²) in [6.45, 7) is 8.42. The van der Waals surface area contributed by atoms with Crippen molar-refractivity contribution in [1.29, 1.82) is 0 Å². The highest BCUT2D eigenvalue weighted by Crippen LogP contribution is 2.41. The van der Waals surface area contributed by atoms with Gasteiger partial charge in [0.1, 0.15) is 6.17 Å². The molecule has 1 aliphatic carbocycles. The molecule has 4 nitrogen and oxygen atoms in total. The average molecular weight is 427 g/mol. The predicted octanol–water partition coefficient (Wildman–Crippen LogP) is 6.09. The molecule has 0 amide bonds. The zero-order chi connectivity index (χ0) is 21.9. The fourth-order valence-electron chi connectivity index (χ4n) is 3.82. The van der Waals surface area contributed by atoms with Crippen LogP contribution < -0.4 is 0 Å². The van der Waals surface area contributed by atoms with Crippen molar-refractivity contribution in [2.75, 3.05) is 0 Å². The first-order valence-corrected chi connectivity index (χ1v) is 14.4. The number of carboxylic acids is 1. The van der Waals surface area contributed by atoms with E-state index in [4.69, 9.17) is 9.53 Å². The largest absolute Gasteiger partial charge is 0.481 e. The number of aliphatic carboxylic acids is 1. The molecule has 166 valence electrons. The van der Waals surface area contributed by atoms with E-state index in [0.29, 0.717) is 32.1 Å². The Labute approximate surface area is 176 Å². The lowest BCUT2D eigenvalue weighted by Gasteiger charge is -2.28. The highest BCUT2D eigenvalue weighted by Gasteiger charge is 2.43. The highest BCUT2D eigenvalue weighted by molar-refractivity contribution is 6.69. The van der Waals surface area contributed by atoms with E-state index in [1.165, 1.54) is 0 Å². The van der Waals surface area contributed by atoms with Gasteiger partial charge in [-0.2, -0.15) is 0 Å². The summed E-state index contributed by atoms with van der Waals surface area (Å²) in [4.78, 5) is 22.7. The summed E-state index contributed by atoms with van der Waals surface area (Å²) in [6.07, 6.45) is 12.2. The monoisotopic (exact) mass is 426 g/mol. The number of carbonyl (C=O) groups excluding carboxylic acids is 1. The number of hydrogen-bond donors (Lipinski definition) is 1. The Bertz CT molecular complexity index is 568. The zero-order valence-corrected chi connectivity index (χ0v) is 19.5. The van der Waals surface area contributed by atoms with Crippen LogP contribution in [-0.4, -0.2) is 37.5 Å². The number of carbonyl (C=O) groups is 2. The topological polar surface area (TPSA) is 63.6 Å². The van der Waals surface area contributed by atoms with Crippen molar-refractivity contribution in [3.63, 3.8) is 0 Å². The fourth-order valence-corrected chi connectivity index (χ4v) is 4.98. The molecule has 0 unspecified atom stereocenters. The minimum Gasteiger partial charge on any atom is -0.481 e. The summed E-state index contributed by atoms with van der Waals surface area (Å²) in [5, 5.41) is 8.69. The lowest BCUT2D eigenvalue weighted by atomic mass is 9.90. The summed E-state index contributed by atoms with van der Waals surface area (Å²) in [5.41, 5.74) is 0. The molecule has 1 N–H and O–H groups in total. The van der Waals surface area contributed by atoms with Crippen LogP contribution in [0.4, 0.5) is 4.39 Å². The Morgan fingerprint density at radius 1 is 1.14 bits per heavy atom. The third-order valence-corrected chi connectivity index (χ3v) is 6.23. The van der Waals surface area contributed by atoms with Gasteiger partial charge in [0.2, 0.25) is 0 Å². The number of unbranched alkanes of at least 4 members (excludes halogenated alkanes) is 3. The first-order valence-electron chi connectivity index (χ1n) is 11.0. The third kappa shape index (κ3) is 10.9. The van der Waals surface area contributed by atoms with Gasteiger partial charge in [0.15, 0.2) is 14.1 Å². The van der Waals surface area contributed by atoms with Gasteiger partial charge in [-0.15, -0.1) is 0 Å². The lowest BCUT2D eigenvalue weighted by Crippen LogP contribution is -2.34. The minimum atomic E-state index is -1.82. The number of hydrogen-bond acceptors (Lipinski definition) is 3. The number of allylic oxidation sites excluding steroid dienone is 3. The molecular weight excluding hydrogens is 387 g/mol. The van der Waals surface area contributed by atoms with Gasteiger partial charge in [-0.1, -0.05) is 38.0 Å². The van der Waals surface area contributed by atoms with Crippen LogP contribution in [0.2, 0.25) is 19.6 Å². The van der Waals surface area contributed by atoms with E-state index in [9.17, 15) is 14.0 Å². The Kier molecular flexibility index (Phi) is 11.7. The van der Waals surface area contributed by atoms with Gasteiger partial charge < -0.3 is 9.53 Å². The standard InChI is InChI=1S/C23H39FO4Si/c1-5-6-9-12-18(25)15-16-20-19(13-10-7-8-11-14-23(26)27)21(24)17-22(20)28-29(2,3)4/h7,10,15-16,19-22H,5-6,8-9,11-14,17H2,1-4H3,(H,26,27)/b10-7-,16-15+/t19-,20-,21-,22-/m1/s1. The molecule has 0 spiro atoms. The van der Waals surface area contributed by atoms with Crippen LogP contribution in [0.25, 0.3) is 0 Å². The Balaban J connectivity index is 2.75. The molecule has 0 bridgehead atoms. The van der Waals surface area contributed by atoms with Gasteiger partial charge in [-0.3, -0.25) is 9.59 Å². The lowest BCUT2D eigenvalue weighted by molar-refractivity contribution is -0.137. The minimum absolute atomic E-state index is 0.101. The number of ketones is 1. The summed E-state index contributed by atoms with van der Waals surface area (Å²) in [5.74, 6) is -0.990. The molecule has 1 rings (SSSR count). The second-order valence-electron chi connectivity index (χ2n) is 9.04. The predicted molar refractivity (Wildman–Crippen MR) is 118 cm³/mol. The average Bonchev–Trinajstić information content (AvgIpc) is 2.89. The van der Waals surface area contributed by atoms with Gasteiger partial charge in [0.05, 0.1) is 6.10 Å². The molecule has 0 aromatic rings. The summed E-state index contributed by atoms with van der Waals surface area (Å²) in [7, 11) is -1.82. The maximum absolute atomic E-state index is 14.8. The van der Waals surface area contributed by atoms with Gasteiger partial charge in [0.25, 0.3) is 0 Å². The molecule has 0 aliphatic heterocycles. The Hall–Kier alpha value is -1.27. The SMILES string of the molecule is CCCCCC(=O)/C=C/[C@@H]1[C@@H](C/C=C\CCCC(=O)O)[C@H](F)C[C@H]1O[Si](C)(C)C. The van der Waals surface area contributed by atoms with E-state index in [-0.39, 0.29) is 30.1 Å². The molecule has 1 fully saturated rings. The summed E-state index contributed by atoms with van der Waals surface area (Å²) in [6, 6.07) is 0. The van der Waals surface area contributed by atoms with E-state index in [1.807, 2.05) is 18.2 Å². The van der Waals surface area contributed by atoms with Crippen LogP contribution in [0, 0.1) is 11.8 Å². The number of alkyl halides is 1. The van der Waals surface area contributed by atoms with Gasteiger partial charge >= 0.3 is 5.97 Å². The van der Waals surface area contributed by atoms with Crippen molar-refractivity contribution in [2.45, 2.75) is 96.6 Å². The van der Waals surface area contributed by atoms with Crippen molar-refractivity contribution in [3.8, 4) is 0 Å². The molecule has 0 radical (unpaired) electrons. The molecule has 29 heavy (non-hydrogen) atoms. The van der Waals surface area contributed by atoms with Crippen LogP contribution >= 0.6 is 0 Å². The number of halogens is 1. The first kappa shape index (κ1) is 25.8. The normalized spacial score (nSPS) is 25.3. The smallest absolute Gasteiger partial charge is 0.303 e. The van der Waals surface area contributed by atoms with Gasteiger partial charge in [-0.25, -0.2) is 4.39 Å². The number of rotatable bonds is 14. The van der Waals surface area contributed by atoms with Crippen molar-refractivity contribution < 1.29 is 23.5 Å². The molecule has 0 aromatic heterocycles. The summed E-state index contributed by atoms with van der Waals surface area (Å²) < 4.78 is 21.1. The van der Waals surface area contributed by atoms with Crippen LogP contribution in [-0.2, 0) is 14.0 Å². The van der Waals surface area contributed by atoms with E-state index >= 15 is 0 Å². The second kappa shape index (κ2) is 13.1. The third-order valence-electron chi connectivity index (χ3n) is 5.22. The quantitative estimate of drug-likeness (QED) is 0.158. The Morgan fingerprint density at radius 2 is 1.86 bits per heavy atom. The first-order chi connectivity index (χ1) is 13.6. The maximum atomic E-state index is 14.8. The molecule has 0 heterocycles. The maximum Gasteiger partial charge on any atom is 0.303 e. The van der Waals surface area contributed by atoms with Crippen molar-refractivity contribution in [1.82, 2.24) is 0 Å².